The van der Waals surface area contributed by atoms with Gasteiger partial charge in [-0.2, -0.15) is 0 Å². The number of rotatable bonds is 10. The van der Waals surface area contributed by atoms with Crippen molar-refractivity contribution in [1.29, 1.82) is 0 Å². The number of halogens is 2. The Hall–Kier alpha value is -1.13. The molecule has 0 radical (unpaired) electrons. The summed E-state index contributed by atoms with van der Waals surface area (Å²) in [6, 6.07) is 6.07. The maximum absolute atomic E-state index is 13.0. The standard InChI is InChI=1S/C21H35FN4O2.HI/c1-4-23-21(24-15-17(2)28-20-7-5-19(22)6-8-20)25-16-18-9-11-26(12-10-18)13-14-27-3;/h5-8,17-18H,4,9-16H2,1-3H3,(H2,23,24,25);1H. The summed E-state index contributed by atoms with van der Waals surface area (Å²) in [5.41, 5.74) is 0. The van der Waals surface area contributed by atoms with E-state index < -0.39 is 0 Å². The third-order valence-corrected chi connectivity index (χ3v) is 4.88. The molecule has 0 aromatic heterocycles. The fourth-order valence-electron chi connectivity index (χ4n) is 3.22. The molecule has 8 heteroatoms. The van der Waals surface area contributed by atoms with Crippen LogP contribution in [0.5, 0.6) is 5.75 Å². The van der Waals surface area contributed by atoms with Crippen LogP contribution < -0.4 is 15.4 Å². The Morgan fingerprint density at radius 2 is 1.93 bits per heavy atom. The summed E-state index contributed by atoms with van der Waals surface area (Å²) in [6.07, 6.45) is 2.30. The Kier molecular flexibility index (Phi) is 13.2. The zero-order chi connectivity index (χ0) is 20.2. The van der Waals surface area contributed by atoms with E-state index in [-0.39, 0.29) is 35.9 Å². The molecule has 1 atom stereocenters. The molecule has 6 nitrogen and oxygen atoms in total. The lowest BCUT2D eigenvalue weighted by molar-refractivity contribution is 0.121. The quantitative estimate of drug-likeness (QED) is 0.281. The van der Waals surface area contributed by atoms with E-state index in [1.807, 2.05) is 6.92 Å². The minimum Gasteiger partial charge on any atom is -0.489 e. The fraction of sp³-hybridized carbons (Fsp3) is 0.667. The summed E-state index contributed by atoms with van der Waals surface area (Å²) < 4.78 is 23.9. The van der Waals surface area contributed by atoms with E-state index in [9.17, 15) is 4.39 Å². The molecule has 1 aromatic carbocycles. The molecule has 0 bridgehead atoms. The van der Waals surface area contributed by atoms with Gasteiger partial charge in [-0.1, -0.05) is 0 Å². The average molecular weight is 522 g/mol. The third-order valence-electron chi connectivity index (χ3n) is 4.88. The van der Waals surface area contributed by atoms with Gasteiger partial charge in [0, 0.05) is 26.7 Å². The first-order valence-electron chi connectivity index (χ1n) is 10.3. The predicted molar refractivity (Wildman–Crippen MR) is 127 cm³/mol. The molecule has 1 saturated heterocycles. The van der Waals surface area contributed by atoms with Crippen molar-refractivity contribution in [3.05, 3.63) is 30.1 Å². The van der Waals surface area contributed by atoms with E-state index in [0.717, 1.165) is 45.3 Å². The van der Waals surface area contributed by atoms with Crippen molar-refractivity contribution in [2.75, 3.05) is 53.0 Å². The number of benzene rings is 1. The number of likely N-dealkylation sites (tertiary alicyclic amines) is 1. The van der Waals surface area contributed by atoms with Crippen LogP contribution in [0.4, 0.5) is 4.39 Å². The number of piperidine rings is 1. The first kappa shape index (κ1) is 25.9. The minimum atomic E-state index is -0.263. The number of ether oxygens (including phenoxy) is 2. The summed E-state index contributed by atoms with van der Waals surface area (Å²) in [5, 5.41) is 6.76. The van der Waals surface area contributed by atoms with Crippen molar-refractivity contribution in [2.24, 2.45) is 10.9 Å². The summed E-state index contributed by atoms with van der Waals surface area (Å²) in [6.45, 7) is 10.4. The summed E-state index contributed by atoms with van der Waals surface area (Å²) in [4.78, 5) is 7.10. The molecule has 0 spiro atoms. The van der Waals surface area contributed by atoms with Gasteiger partial charge in [0.2, 0.25) is 0 Å². The largest absolute Gasteiger partial charge is 0.489 e. The summed E-state index contributed by atoms with van der Waals surface area (Å²) in [5.74, 6) is 1.87. The number of nitrogens with zero attached hydrogens (tertiary/aromatic N) is 2. The van der Waals surface area contributed by atoms with Gasteiger partial charge in [-0.15, -0.1) is 24.0 Å². The molecule has 0 aliphatic carbocycles. The Labute approximate surface area is 191 Å². The van der Waals surface area contributed by atoms with E-state index in [0.29, 0.717) is 18.2 Å². The molecule has 29 heavy (non-hydrogen) atoms. The van der Waals surface area contributed by atoms with Gasteiger partial charge in [0.15, 0.2) is 5.96 Å². The van der Waals surface area contributed by atoms with Crippen LogP contribution in [0.15, 0.2) is 29.3 Å². The zero-order valence-electron chi connectivity index (χ0n) is 17.8. The van der Waals surface area contributed by atoms with Crippen molar-refractivity contribution in [1.82, 2.24) is 15.5 Å². The van der Waals surface area contributed by atoms with E-state index in [2.05, 4.69) is 27.4 Å². The Bertz CT molecular complexity index is 581. The van der Waals surface area contributed by atoms with Gasteiger partial charge in [0.25, 0.3) is 0 Å². The van der Waals surface area contributed by atoms with Gasteiger partial charge in [-0.3, -0.25) is 0 Å². The lowest BCUT2D eigenvalue weighted by atomic mass is 9.97. The van der Waals surface area contributed by atoms with Crippen molar-refractivity contribution < 1.29 is 13.9 Å². The van der Waals surface area contributed by atoms with E-state index in [4.69, 9.17) is 9.47 Å². The van der Waals surface area contributed by atoms with Gasteiger partial charge in [-0.05, 0) is 70.0 Å². The van der Waals surface area contributed by atoms with E-state index >= 15 is 0 Å². The maximum Gasteiger partial charge on any atom is 0.191 e. The highest BCUT2D eigenvalue weighted by Gasteiger charge is 2.19. The second-order valence-corrected chi connectivity index (χ2v) is 7.26. The van der Waals surface area contributed by atoms with Crippen molar-refractivity contribution >= 4 is 29.9 Å². The lowest BCUT2D eigenvalue weighted by Gasteiger charge is -2.32. The lowest BCUT2D eigenvalue weighted by Crippen LogP contribution is -2.43. The number of guanidine groups is 1. The monoisotopic (exact) mass is 522 g/mol. The highest BCUT2D eigenvalue weighted by Crippen LogP contribution is 2.16. The van der Waals surface area contributed by atoms with Crippen molar-refractivity contribution in [3.63, 3.8) is 0 Å². The number of hydrogen-bond donors (Lipinski definition) is 2. The molecule has 2 N–H and O–H groups in total. The fourth-order valence-corrected chi connectivity index (χ4v) is 3.22. The first-order valence-corrected chi connectivity index (χ1v) is 10.3. The Balaban J connectivity index is 0.00000420. The van der Waals surface area contributed by atoms with E-state index in [1.165, 1.54) is 25.0 Å². The van der Waals surface area contributed by atoms with Gasteiger partial charge in [0.05, 0.1) is 13.2 Å². The van der Waals surface area contributed by atoms with Gasteiger partial charge in [-0.25, -0.2) is 9.38 Å². The van der Waals surface area contributed by atoms with Crippen LogP contribution in [-0.2, 0) is 4.74 Å². The van der Waals surface area contributed by atoms with Crippen LogP contribution in [-0.4, -0.2) is 69.9 Å². The topological polar surface area (TPSA) is 58.1 Å². The molecular formula is C21H36FIN4O2. The zero-order valence-corrected chi connectivity index (χ0v) is 20.2. The second kappa shape index (κ2) is 14.8. The summed E-state index contributed by atoms with van der Waals surface area (Å²) in [7, 11) is 1.75. The molecule has 1 unspecified atom stereocenters. The van der Waals surface area contributed by atoms with Crippen molar-refractivity contribution in [2.45, 2.75) is 32.8 Å². The van der Waals surface area contributed by atoms with Gasteiger partial charge < -0.3 is 25.0 Å². The molecule has 1 aliphatic heterocycles. The molecule has 0 saturated carbocycles. The normalized spacial score (nSPS) is 16.8. The Morgan fingerprint density at radius 3 is 2.55 bits per heavy atom. The van der Waals surface area contributed by atoms with Crippen LogP contribution >= 0.6 is 24.0 Å². The predicted octanol–water partition coefficient (Wildman–Crippen LogP) is 3.12. The molecule has 1 aliphatic rings. The van der Waals surface area contributed by atoms with Gasteiger partial charge in [0.1, 0.15) is 17.7 Å². The van der Waals surface area contributed by atoms with Crippen LogP contribution in [0.3, 0.4) is 0 Å². The minimum absolute atomic E-state index is 0. The smallest absolute Gasteiger partial charge is 0.191 e. The molecule has 1 heterocycles. The van der Waals surface area contributed by atoms with Crippen LogP contribution in [0.2, 0.25) is 0 Å². The maximum atomic E-state index is 13.0. The highest BCUT2D eigenvalue weighted by molar-refractivity contribution is 14.0. The third kappa shape index (κ3) is 10.5. The van der Waals surface area contributed by atoms with Crippen LogP contribution in [0, 0.1) is 11.7 Å². The summed E-state index contributed by atoms with van der Waals surface area (Å²) >= 11 is 0. The van der Waals surface area contributed by atoms with E-state index in [1.54, 1.807) is 19.2 Å². The number of hydrogen-bond acceptors (Lipinski definition) is 4. The molecule has 0 amide bonds. The average Bonchev–Trinajstić information content (AvgIpc) is 2.71. The van der Waals surface area contributed by atoms with Crippen LogP contribution in [0.25, 0.3) is 0 Å². The highest BCUT2D eigenvalue weighted by atomic mass is 127. The number of nitrogens with one attached hydrogen (secondary N) is 2. The van der Waals surface area contributed by atoms with Gasteiger partial charge >= 0.3 is 0 Å². The first-order chi connectivity index (χ1) is 13.6. The number of aliphatic imine (C=N–C) groups is 1. The molecular weight excluding hydrogens is 486 g/mol. The van der Waals surface area contributed by atoms with Crippen LogP contribution in [0.1, 0.15) is 26.7 Å². The molecule has 2 rings (SSSR count). The number of methoxy groups -OCH3 is 1. The van der Waals surface area contributed by atoms with Crippen molar-refractivity contribution in [3.8, 4) is 5.75 Å². The second-order valence-electron chi connectivity index (χ2n) is 7.26. The SMILES string of the molecule is CCNC(=NCC(C)Oc1ccc(F)cc1)NCC1CCN(CCOC)CC1.I. The molecule has 166 valence electrons. The Morgan fingerprint density at radius 1 is 1.24 bits per heavy atom. The molecule has 1 aromatic rings. The molecule has 1 fully saturated rings.